The van der Waals surface area contributed by atoms with Gasteiger partial charge in [0, 0.05) is 16.8 Å². The van der Waals surface area contributed by atoms with Crippen molar-refractivity contribution < 1.29 is 13.9 Å². The minimum atomic E-state index is -0.249. The lowest BCUT2D eigenvalue weighted by Gasteiger charge is -2.09. The van der Waals surface area contributed by atoms with Crippen LogP contribution in [0.25, 0.3) is 22.9 Å². The van der Waals surface area contributed by atoms with Crippen LogP contribution in [0.1, 0.15) is 5.56 Å². The number of aromatic nitrogens is 2. The fourth-order valence-electron chi connectivity index (χ4n) is 2.83. The Morgan fingerprint density at radius 1 is 0.897 bits per heavy atom. The SMILES string of the molecule is Cc1ccccc1OCC(=O)Nc1cccc(-c2nnc(-c3ccccc3)o2)c1. The molecule has 0 bridgehead atoms. The minimum absolute atomic E-state index is 0.0756. The third kappa shape index (κ3) is 4.50. The van der Waals surface area contributed by atoms with Gasteiger partial charge < -0.3 is 14.5 Å². The maximum absolute atomic E-state index is 12.2. The number of ether oxygens (including phenoxy) is 1. The number of carbonyl (C=O) groups is 1. The van der Waals surface area contributed by atoms with Crippen molar-refractivity contribution in [1.29, 1.82) is 0 Å². The number of nitrogens with one attached hydrogen (secondary N) is 1. The van der Waals surface area contributed by atoms with Gasteiger partial charge in [-0.3, -0.25) is 4.79 Å². The lowest BCUT2D eigenvalue weighted by atomic mass is 10.2. The molecule has 29 heavy (non-hydrogen) atoms. The number of carbonyl (C=O) groups excluding carboxylic acids is 1. The molecule has 0 aliphatic heterocycles. The number of hydrogen-bond donors (Lipinski definition) is 1. The lowest BCUT2D eigenvalue weighted by Crippen LogP contribution is -2.20. The number of hydrogen-bond acceptors (Lipinski definition) is 5. The molecule has 0 saturated carbocycles. The highest BCUT2D eigenvalue weighted by molar-refractivity contribution is 5.92. The Labute approximate surface area is 168 Å². The van der Waals surface area contributed by atoms with Crippen molar-refractivity contribution in [3.05, 3.63) is 84.4 Å². The number of benzene rings is 3. The molecule has 1 heterocycles. The third-order valence-electron chi connectivity index (χ3n) is 4.29. The summed E-state index contributed by atoms with van der Waals surface area (Å²) in [6, 6.07) is 24.4. The zero-order valence-electron chi connectivity index (χ0n) is 15.8. The fourth-order valence-corrected chi connectivity index (χ4v) is 2.83. The second-order valence-electron chi connectivity index (χ2n) is 6.46. The van der Waals surface area contributed by atoms with Crippen molar-refractivity contribution in [2.75, 3.05) is 11.9 Å². The molecule has 0 radical (unpaired) electrons. The van der Waals surface area contributed by atoms with Gasteiger partial charge in [0.1, 0.15) is 5.75 Å². The Kier molecular flexibility index (Phi) is 5.33. The lowest BCUT2D eigenvalue weighted by molar-refractivity contribution is -0.118. The molecule has 0 fully saturated rings. The maximum atomic E-state index is 12.2. The molecule has 1 amide bonds. The normalized spacial score (nSPS) is 10.5. The van der Waals surface area contributed by atoms with Crippen molar-refractivity contribution in [3.63, 3.8) is 0 Å². The summed E-state index contributed by atoms with van der Waals surface area (Å²) >= 11 is 0. The van der Waals surface area contributed by atoms with Crippen LogP contribution in [0, 0.1) is 6.92 Å². The summed E-state index contributed by atoms with van der Waals surface area (Å²) in [5.41, 5.74) is 3.18. The van der Waals surface area contributed by atoms with Crippen LogP contribution in [0.4, 0.5) is 5.69 Å². The Morgan fingerprint density at radius 2 is 1.59 bits per heavy atom. The number of para-hydroxylation sites is 1. The Hall–Kier alpha value is -3.93. The molecular weight excluding hydrogens is 366 g/mol. The quantitative estimate of drug-likeness (QED) is 0.519. The van der Waals surface area contributed by atoms with Gasteiger partial charge in [-0.05, 0) is 48.9 Å². The maximum Gasteiger partial charge on any atom is 0.262 e. The van der Waals surface area contributed by atoms with Crippen molar-refractivity contribution in [2.45, 2.75) is 6.92 Å². The predicted molar refractivity (Wildman–Crippen MR) is 110 cm³/mol. The summed E-state index contributed by atoms with van der Waals surface area (Å²) in [6.45, 7) is 1.86. The molecule has 0 aliphatic rings. The molecule has 6 nitrogen and oxygen atoms in total. The van der Waals surface area contributed by atoms with Gasteiger partial charge in [0.15, 0.2) is 6.61 Å². The van der Waals surface area contributed by atoms with Gasteiger partial charge in [-0.1, -0.05) is 42.5 Å². The summed E-state index contributed by atoms with van der Waals surface area (Å²) in [4.78, 5) is 12.2. The Morgan fingerprint density at radius 3 is 2.38 bits per heavy atom. The monoisotopic (exact) mass is 385 g/mol. The van der Waals surface area contributed by atoms with Crippen LogP contribution in [0.15, 0.2) is 83.3 Å². The number of amides is 1. The summed E-state index contributed by atoms with van der Waals surface area (Å²) < 4.78 is 11.4. The molecule has 0 atom stereocenters. The van der Waals surface area contributed by atoms with E-state index >= 15 is 0 Å². The van der Waals surface area contributed by atoms with Crippen LogP contribution in [-0.4, -0.2) is 22.7 Å². The highest BCUT2D eigenvalue weighted by atomic mass is 16.5. The van der Waals surface area contributed by atoms with Gasteiger partial charge in [-0.15, -0.1) is 10.2 Å². The first-order valence-corrected chi connectivity index (χ1v) is 9.17. The van der Waals surface area contributed by atoms with Crippen LogP contribution in [0.2, 0.25) is 0 Å². The van der Waals surface area contributed by atoms with Gasteiger partial charge in [-0.25, -0.2) is 0 Å². The first-order valence-electron chi connectivity index (χ1n) is 9.17. The van der Waals surface area contributed by atoms with E-state index in [9.17, 15) is 4.79 Å². The summed E-state index contributed by atoms with van der Waals surface area (Å²) in [5, 5.41) is 11.0. The van der Waals surface area contributed by atoms with Gasteiger partial charge >= 0.3 is 0 Å². The first kappa shape index (κ1) is 18.4. The number of anilines is 1. The topological polar surface area (TPSA) is 77.2 Å². The van der Waals surface area contributed by atoms with Crippen LogP contribution in [-0.2, 0) is 4.79 Å². The van der Waals surface area contributed by atoms with Crippen molar-refractivity contribution in [3.8, 4) is 28.7 Å². The number of rotatable bonds is 6. The van der Waals surface area contributed by atoms with Gasteiger partial charge in [0.25, 0.3) is 5.91 Å². The number of nitrogens with zero attached hydrogens (tertiary/aromatic N) is 2. The Bertz CT molecular complexity index is 1120. The van der Waals surface area contributed by atoms with E-state index in [1.54, 1.807) is 12.1 Å². The highest BCUT2D eigenvalue weighted by Gasteiger charge is 2.12. The predicted octanol–water partition coefficient (Wildman–Crippen LogP) is 4.73. The zero-order chi connectivity index (χ0) is 20.1. The average molecular weight is 385 g/mol. The molecule has 144 valence electrons. The second kappa shape index (κ2) is 8.39. The van der Waals surface area contributed by atoms with E-state index in [4.69, 9.17) is 9.15 Å². The van der Waals surface area contributed by atoms with Gasteiger partial charge in [0.05, 0.1) is 0 Å². The molecule has 4 rings (SSSR count). The first-order chi connectivity index (χ1) is 14.2. The minimum Gasteiger partial charge on any atom is -0.483 e. The molecule has 0 unspecified atom stereocenters. The van der Waals surface area contributed by atoms with Gasteiger partial charge in [-0.2, -0.15) is 0 Å². The van der Waals surface area contributed by atoms with E-state index < -0.39 is 0 Å². The largest absolute Gasteiger partial charge is 0.483 e. The zero-order valence-corrected chi connectivity index (χ0v) is 15.8. The summed E-state index contributed by atoms with van der Waals surface area (Å²) in [7, 11) is 0. The second-order valence-corrected chi connectivity index (χ2v) is 6.46. The van der Waals surface area contributed by atoms with E-state index in [0.29, 0.717) is 23.2 Å². The van der Waals surface area contributed by atoms with E-state index in [-0.39, 0.29) is 12.5 Å². The van der Waals surface area contributed by atoms with Crippen molar-refractivity contribution in [2.24, 2.45) is 0 Å². The van der Waals surface area contributed by atoms with Gasteiger partial charge in [0.2, 0.25) is 11.8 Å². The van der Waals surface area contributed by atoms with Crippen molar-refractivity contribution in [1.82, 2.24) is 10.2 Å². The van der Waals surface area contributed by atoms with Crippen molar-refractivity contribution >= 4 is 11.6 Å². The Balaban J connectivity index is 1.43. The molecule has 6 heteroatoms. The van der Waals surface area contributed by atoms with Crippen LogP contribution in [0.3, 0.4) is 0 Å². The van der Waals surface area contributed by atoms with Crippen LogP contribution in [0.5, 0.6) is 5.75 Å². The van der Waals surface area contributed by atoms with E-state index in [1.807, 2.05) is 73.7 Å². The van der Waals surface area contributed by atoms with E-state index in [0.717, 1.165) is 16.7 Å². The molecule has 1 aromatic heterocycles. The number of aryl methyl sites for hydroxylation is 1. The molecule has 0 spiro atoms. The van der Waals surface area contributed by atoms with E-state index in [1.165, 1.54) is 0 Å². The summed E-state index contributed by atoms with van der Waals surface area (Å²) in [5.74, 6) is 1.27. The van der Waals surface area contributed by atoms with Crippen LogP contribution >= 0.6 is 0 Å². The third-order valence-corrected chi connectivity index (χ3v) is 4.29. The molecular formula is C23H19N3O3. The highest BCUT2D eigenvalue weighted by Crippen LogP contribution is 2.25. The average Bonchev–Trinajstić information content (AvgIpc) is 3.24. The smallest absolute Gasteiger partial charge is 0.262 e. The van der Waals surface area contributed by atoms with Crippen LogP contribution < -0.4 is 10.1 Å². The molecule has 4 aromatic rings. The molecule has 0 aliphatic carbocycles. The standard InChI is InChI=1S/C23H19N3O3/c1-16-8-5-6-13-20(16)28-15-21(27)24-19-12-7-11-18(14-19)23-26-25-22(29-23)17-9-3-2-4-10-17/h2-14H,15H2,1H3,(H,24,27). The summed E-state index contributed by atoms with van der Waals surface area (Å²) in [6.07, 6.45) is 0. The van der Waals surface area contributed by atoms with E-state index in [2.05, 4.69) is 15.5 Å². The molecule has 0 saturated heterocycles. The molecule has 3 aromatic carbocycles. The fraction of sp³-hybridized carbons (Fsp3) is 0.0870. The molecule has 1 N–H and O–H groups in total.